The van der Waals surface area contributed by atoms with Gasteiger partial charge in [-0.2, -0.15) is 4.31 Å². The molecular weight excluding hydrogens is 372 g/mol. The highest BCUT2D eigenvalue weighted by atomic mass is 35.5. The summed E-state index contributed by atoms with van der Waals surface area (Å²) in [7, 11) is -3.68. The van der Waals surface area contributed by atoms with Crippen LogP contribution in [-0.2, 0) is 23.0 Å². The number of fused-ring (bicyclic) bond motifs is 1. The molecule has 2 aromatic rings. The molecule has 1 saturated heterocycles. The first-order chi connectivity index (χ1) is 12.5. The fourth-order valence-electron chi connectivity index (χ4n) is 3.98. The Balaban J connectivity index is 1.72. The number of hydrogen-bond donors (Lipinski definition) is 0. The maximum absolute atomic E-state index is 13.3. The highest BCUT2D eigenvalue weighted by molar-refractivity contribution is 7.89. The first-order valence-corrected chi connectivity index (χ1v) is 11.0. The Bertz CT molecular complexity index is 925. The van der Waals surface area contributed by atoms with Crippen LogP contribution >= 0.6 is 11.6 Å². The Morgan fingerprint density at radius 1 is 1.12 bits per heavy atom. The molecule has 0 spiro atoms. The lowest BCUT2D eigenvalue weighted by molar-refractivity contribution is 0.370. The molecule has 2 aliphatic rings. The van der Waals surface area contributed by atoms with Gasteiger partial charge in [0.05, 0.1) is 11.1 Å². The van der Waals surface area contributed by atoms with E-state index in [9.17, 15) is 8.42 Å². The van der Waals surface area contributed by atoms with Crippen molar-refractivity contribution in [2.24, 2.45) is 0 Å². The van der Waals surface area contributed by atoms with Gasteiger partial charge in [-0.1, -0.05) is 24.1 Å². The van der Waals surface area contributed by atoms with E-state index in [0.29, 0.717) is 6.54 Å². The zero-order valence-corrected chi connectivity index (χ0v) is 16.4. The maximum atomic E-state index is 13.3. The smallest absolute Gasteiger partial charge is 0.245 e. The summed E-state index contributed by atoms with van der Waals surface area (Å²) in [5.41, 5.74) is 0.940. The first kappa shape index (κ1) is 17.9. The second-order valence-electron chi connectivity index (χ2n) is 7.14. The van der Waals surface area contributed by atoms with Gasteiger partial charge in [0.2, 0.25) is 10.0 Å². The van der Waals surface area contributed by atoms with E-state index in [0.717, 1.165) is 55.9 Å². The maximum Gasteiger partial charge on any atom is 0.245 e. The summed E-state index contributed by atoms with van der Waals surface area (Å²) in [5, 5.41) is 9.01. The number of hydrogen-bond acceptors (Lipinski definition) is 4. The Hall–Kier alpha value is -1.44. The summed E-state index contributed by atoms with van der Waals surface area (Å²) in [6.07, 6.45) is 5.87. The summed E-state index contributed by atoms with van der Waals surface area (Å²) >= 11 is 6.26. The zero-order chi connectivity index (χ0) is 18.3. The lowest BCUT2D eigenvalue weighted by atomic mass is 10.2. The molecule has 1 atom stereocenters. The summed E-state index contributed by atoms with van der Waals surface area (Å²) in [5.74, 6) is 1.77. The molecule has 4 rings (SSSR count). The fraction of sp³-hybridized carbons (Fsp3) is 0.556. The van der Waals surface area contributed by atoms with Crippen molar-refractivity contribution in [1.29, 1.82) is 0 Å². The van der Waals surface area contributed by atoms with E-state index in [1.54, 1.807) is 22.5 Å². The predicted octanol–water partition coefficient (Wildman–Crippen LogP) is 3.49. The molecule has 3 heterocycles. The number of halogens is 1. The second-order valence-corrected chi connectivity index (χ2v) is 9.41. The Kier molecular flexibility index (Phi) is 4.79. The standard InChI is InChI=1S/C18H23ClN4O2S/c1-13-8-9-16(14(19)12-13)26(24,25)23-11-5-6-15(23)18-21-20-17-7-3-2-4-10-22(17)18/h8-9,12,15H,2-7,10-11H2,1H3. The van der Waals surface area contributed by atoms with Crippen molar-refractivity contribution >= 4 is 21.6 Å². The molecule has 140 valence electrons. The summed E-state index contributed by atoms with van der Waals surface area (Å²) < 4.78 is 30.3. The van der Waals surface area contributed by atoms with Gasteiger partial charge in [-0.15, -0.1) is 10.2 Å². The van der Waals surface area contributed by atoms with Crippen molar-refractivity contribution < 1.29 is 8.42 Å². The van der Waals surface area contributed by atoms with Gasteiger partial charge in [0, 0.05) is 19.5 Å². The minimum Gasteiger partial charge on any atom is -0.314 e. The van der Waals surface area contributed by atoms with Crippen LogP contribution in [0.1, 0.15) is 55.4 Å². The van der Waals surface area contributed by atoms with Crippen molar-refractivity contribution in [2.45, 2.75) is 62.9 Å². The number of aryl methyl sites for hydroxylation is 2. The quantitative estimate of drug-likeness (QED) is 0.799. The molecule has 2 aliphatic heterocycles. The topological polar surface area (TPSA) is 68.1 Å². The molecular formula is C18H23ClN4O2S. The molecule has 1 fully saturated rings. The van der Waals surface area contributed by atoms with Gasteiger partial charge < -0.3 is 4.57 Å². The van der Waals surface area contributed by atoms with Crippen LogP contribution in [0.3, 0.4) is 0 Å². The molecule has 1 unspecified atom stereocenters. The monoisotopic (exact) mass is 394 g/mol. The number of rotatable bonds is 3. The Labute approximate surface area is 159 Å². The van der Waals surface area contributed by atoms with Crippen molar-refractivity contribution in [3.8, 4) is 0 Å². The van der Waals surface area contributed by atoms with E-state index < -0.39 is 10.0 Å². The molecule has 0 aliphatic carbocycles. The van der Waals surface area contributed by atoms with Crippen molar-refractivity contribution in [2.75, 3.05) is 6.54 Å². The van der Waals surface area contributed by atoms with Crippen LogP contribution in [0.15, 0.2) is 23.1 Å². The van der Waals surface area contributed by atoms with Crippen LogP contribution in [0, 0.1) is 6.92 Å². The van der Waals surface area contributed by atoms with Crippen molar-refractivity contribution in [3.63, 3.8) is 0 Å². The molecule has 6 nitrogen and oxygen atoms in total. The first-order valence-electron chi connectivity index (χ1n) is 9.18. The summed E-state index contributed by atoms with van der Waals surface area (Å²) in [4.78, 5) is 0.173. The molecule has 0 amide bonds. The van der Waals surface area contributed by atoms with Crippen molar-refractivity contribution in [3.05, 3.63) is 40.4 Å². The van der Waals surface area contributed by atoms with E-state index in [-0.39, 0.29) is 16.0 Å². The third-order valence-electron chi connectivity index (χ3n) is 5.31. The normalized spacial score (nSPS) is 21.5. The Morgan fingerprint density at radius 2 is 1.96 bits per heavy atom. The zero-order valence-electron chi connectivity index (χ0n) is 14.9. The van der Waals surface area contributed by atoms with E-state index in [1.807, 2.05) is 6.92 Å². The SMILES string of the molecule is Cc1ccc(S(=O)(=O)N2CCCC2c2nnc3n2CCCCC3)c(Cl)c1. The van der Waals surface area contributed by atoms with E-state index in [1.165, 1.54) is 6.42 Å². The van der Waals surface area contributed by atoms with Crippen LogP contribution < -0.4 is 0 Å². The van der Waals surface area contributed by atoms with Gasteiger partial charge in [-0.05, 0) is 50.3 Å². The van der Waals surface area contributed by atoms with Crippen molar-refractivity contribution in [1.82, 2.24) is 19.1 Å². The van der Waals surface area contributed by atoms with E-state index in [4.69, 9.17) is 11.6 Å². The minimum absolute atomic E-state index is 0.173. The fourth-order valence-corrected chi connectivity index (χ4v) is 6.21. The summed E-state index contributed by atoms with van der Waals surface area (Å²) in [6.45, 7) is 3.25. The molecule has 1 aromatic heterocycles. The predicted molar refractivity (Wildman–Crippen MR) is 99.6 cm³/mol. The van der Waals surface area contributed by atoms with Crippen LogP contribution in [0.5, 0.6) is 0 Å². The molecule has 8 heteroatoms. The highest BCUT2D eigenvalue weighted by Crippen LogP contribution is 2.38. The lowest BCUT2D eigenvalue weighted by Crippen LogP contribution is -2.32. The minimum atomic E-state index is -3.68. The average Bonchev–Trinajstić information content (AvgIpc) is 3.16. The summed E-state index contributed by atoms with van der Waals surface area (Å²) in [6, 6.07) is 4.82. The van der Waals surface area contributed by atoms with Crippen LogP contribution in [-0.4, -0.2) is 34.0 Å². The van der Waals surface area contributed by atoms with Gasteiger partial charge in [-0.3, -0.25) is 0 Å². The average molecular weight is 395 g/mol. The second kappa shape index (κ2) is 6.94. The molecule has 0 saturated carbocycles. The van der Waals surface area contributed by atoms with Gasteiger partial charge in [0.1, 0.15) is 10.7 Å². The number of sulfonamides is 1. The highest BCUT2D eigenvalue weighted by Gasteiger charge is 2.40. The van der Waals surface area contributed by atoms with Gasteiger partial charge in [0.15, 0.2) is 5.82 Å². The molecule has 0 N–H and O–H groups in total. The van der Waals surface area contributed by atoms with Gasteiger partial charge in [0.25, 0.3) is 0 Å². The largest absolute Gasteiger partial charge is 0.314 e. The van der Waals surface area contributed by atoms with Crippen LogP contribution in [0.25, 0.3) is 0 Å². The molecule has 26 heavy (non-hydrogen) atoms. The number of aromatic nitrogens is 3. The molecule has 0 bridgehead atoms. The lowest BCUT2D eigenvalue weighted by Gasteiger charge is -2.24. The third-order valence-corrected chi connectivity index (χ3v) is 7.70. The number of benzene rings is 1. The van der Waals surface area contributed by atoms with Gasteiger partial charge >= 0.3 is 0 Å². The number of nitrogens with zero attached hydrogens (tertiary/aromatic N) is 4. The van der Waals surface area contributed by atoms with Gasteiger partial charge in [-0.25, -0.2) is 8.42 Å². The molecule has 1 aromatic carbocycles. The van der Waals surface area contributed by atoms with Crippen LogP contribution in [0.2, 0.25) is 5.02 Å². The van der Waals surface area contributed by atoms with E-state index >= 15 is 0 Å². The Morgan fingerprint density at radius 3 is 2.77 bits per heavy atom. The van der Waals surface area contributed by atoms with Crippen LogP contribution in [0.4, 0.5) is 0 Å². The van der Waals surface area contributed by atoms with E-state index in [2.05, 4.69) is 14.8 Å². The third kappa shape index (κ3) is 3.06. The molecule has 0 radical (unpaired) electrons.